The van der Waals surface area contributed by atoms with Crippen LogP contribution >= 0.6 is 0 Å². The summed E-state index contributed by atoms with van der Waals surface area (Å²) >= 11 is 0. The Bertz CT molecular complexity index is 845. The van der Waals surface area contributed by atoms with Crippen LogP contribution in [0.4, 0.5) is 15.8 Å². The second kappa shape index (κ2) is 5.24. The molecule has 3 aromatic rings. The summed E-state index contributed by atoms with van der Waals surface area (Å²) < 4.78 is 13.2. The Morgan fingerprint density at radius 1 is 1.09 bits per heavy atom. The van der Waals surface area contributed by atoms with Crippen LogP contribution in [-0.2, 0) is 0 Å². The second-order valence-corrected chi connectivity index (χ2v) is 5.22. The number of halogens is 1. The van der Waals surface area contributed by atoms with Gasteiger partial charge in [0.15, 0.2) is 6.17 Å². The zero-order chi connectivity index (χ0) is 15.8. The Morgan fingerprint density at radius 3 is 2.61 bits per heavy atom. The van der Waals surface area contributed by atoms with E-state index in [9.17, 15) is 9.18 Å². The molecule has 2 aromatic carbocycles. The number of hydrogen-bond donors (Lipinski definition) is 2. The van der Waals surface area contributed by atoms with E-state index < -0.39 is 6.17 Å². The van der Waals surface area contributed by atoms with Crippen LogP contribution < -0.4 is 10.2 Å². The summed E-state index contributed by atoms with van der Waals surface area (Å²) in [7, 11) is 0. The third kappa shape index (κ3) is 2.24. The van der Waals surface area contributed by atoms with Crippen molar-refractivity contribution in [3.63, 3.8) is 0 Å². The van der Waals surface area contributed by atoms with Crippen molar-refractivity contribution in [2.75, 3.05) is 10.2 Å². The highest BCUT2D eigenvalue weighted by Gasteiger charge is 2.35. The Morgan fingerprint density at radius 2 is 1.87 bits per heavy atom. The molecule has 23 heavy (non-hydrogen) atoms. The minimum Gasteiger partial charge on any atom is -0.358 e. The van der Waals surface area contributed by atoms with Crippen LogP contribution in [0.5, 0.6) is 0 Å². The smallest absolute Gasteiger partial charge is 0.262 e. The van der Waals surface area contributed by atoms with Crippen LogP contribution in [0.3, 0.4) is 0 Å². The average Bonchev–Trinajstić information content (AvgIpc) is 3.10. The van der Waals surface area contributed by atoms with E-state index in [1.807, 2.05) is 18.2 Å². The van der Waals surface area contributed by atoms with Crippen molar-refractivity contribution in [2.24, 2.45) is 0 Å². The number of carbonyl (C=O) groups is 1. The molecule has 4 rings (SSSR count). The first-order valence-corrected chi connectivity index (χ1v) is 7.18. The number of aromatic amines is 1. The molecule has 5 nitrogen and oxygen atoms in total. The Labute approximate surface area is 131 Å². The van der Waals surface area contributed by atoms with Gasteiger partial charge in [0.2, 0.25) is 0 Å². The van der Waals surface area contributed by atoms with Gasteiger partial charge in [0, 0.05) is 23.8 Å². The molecule has 1 aliphatic rings. The van der Waals surface area contributed by atoms with E-state index >= 15 is 0 Å². The van der Waals surface area contributed by atoms with Crippen molar-refractivity contribution < 1.29 is 9.18 Å². The molecule has 0 aliphatic carbocycles. The van der Waals surface area contributed by atoms with Gasteiger partial charge in [-0.05, 0) is 36.4 Å². The topological polar surface area (TPSA) is 61.0 Å². The highest BCUT2D eigenvalue weighted by atomic mass is 19.1. The van der Waals surface area contributed by atoms with E-state index in [-0.39, 0.29) is 11.7 Å². The summed E-state index contributed by atoms with van der Waals surface area (Å²) in [5.74, 6) is 0.102. The number of nitrogens with zero attached hydrogens (tertiary/aromatic N) is 2. The van der Waals surface area contributed by atoms with Gasteiger partial charge in [-0.2, -0.15) is 0 Å². The van der Waals surface area contributed by atoms with E-state index in [2.05, 4.69) is 15.3 Å². The zero-order valence-corrected chi connectivity index (χ0v) is 12.0. The van der Waals surface area contributed by atoms with Gasteiger partial charge in [-0.15, -0.1) is 0 Å². The van der Waals surface area contributed by atoms with Gasteiger partial charge >= 0.3 is 0 Å². The van der Waals surface area contributed by atoms with Crippen molar-refractivity contribution in [1.29, 1.82) is 0 Å². The largest absolute Gasteiger partial charge is 0.358 e. The predicted molar refractivity (Wildman–Crippen MR) is 84.6 cm³/mol. The monoisotopic (exact) mass is 308 g/mol. The standard InChI is InChI=1S/C17H13FN4O/c18-11-5-7-12(8-6-11)22-16(15-19-9-10-20-15)21-14-4-2-1-3-13(14)17(22)23/h1-10,16,21H,(H,19,20). The van der Waals surface area contributed by atoms with Crippen molar-refractivity contribution in [1.82, 2.24) is 9.97 Å². The van der Waals surface area contributed by atoms with Crippen molar-refractivity contribution in [3.8, 4) is 0 Å². The fourth-order valence-electron chi connectivity index (χ4n) is 2.74. The lowest BCUT2D eigenvalue weighted by molar-refractivity contribution is 0.0974. The number of rotatable bonds is 2. The number of benzene rings is 2. The summed E-state index contributed by atoms with van der Waals surface area (Å²) in [6, 6.07) is 13.1. The number of nitrogens with one attached hydrogen (secondary N) is 2. The number of H-pyrrole nitrogens is 1. The molecule has 1 amide bonds. The van der Waals surface area contributed by atoms with Crippen molar-refractivity contribution in [2.45, 2.75) is 6.17 Å². The molecule has 0 radical (unpaired) electrons. The molecule has 0 spiro atoms. The lowest BCUT2D eigenvalue weighted by atomic mass is 10.1. The lowest BCUT2D eigenvalue weighted by Gasteiger charge is -2.36. The molecule has 0 fully saturated rings. The van der Waals surface area contributed by atoms with Gasteiger partial charge in [0.25, 0.3) is 5.91 Å². The van der Waals surface area contributed by atoms with E-state index in [0.717, 1.165) is 5.69 Å². The molecule has 2 heterocycles. The van der Waals surface area contributed by atoms with Crippen LogP contribution in [0.25, 0.3) is 0 Å². The van der Waals surface area contributed by atoms with Crippen LogP contribution in [-0.4, -0.2) is 15.9 Å². The molecule has 1 atom stereocenters. The molecule has 2 N–H and O–H groups in total. The Hall–Kier alpha value is -3.15. The van der Waals surface area contributed by atoms with E-state index in [4.69, 9.17) is 0 Å². The normalized spacial score (nSPS) is 16.8. The molecule has 1 unspecified atom stereocenters. The van der Waals surface area contributed by atoms with Crippen molar-refractivity contribution >= 4 is 17.3 Å². The number of imidazole rings is 1. The molecular formula is C17H13FN4O. The average molecular weight is 308 g/mol. The molecule has 1 aromatic heterocycles. The lowest BCUT2D eigenvalue weighted by Crippen LogP contribution is -2.43. The minimum absolute atomic E-state index is 0.160. The molecular weight excluding hydrogens is 295 g/mol. The second-order valence-electron chi connectivity index (χ2n) is 5.22. The predicted octanol–water partition coefficient (Wildman–Crippen LogP) is 3.32. The van der Waals surface area contributed by atoms with E-state index in [1.54, 1.807) is 35.5 Å². The quantitative estimate of drug-likeness (QED) is 0.763. The van der Waals surface area contributed by atoms with Crippen LogP contribution in [0.2, 0.25) is 0 Å². The summed E-state index contributed by atoms with van der Waals surface area (Å²) in [5.41, 5.74) is 1.91. The Kier molecular flexibility index (Phi) is 3.08. The van der Waals surface area contributed by atoms with E-state index in [0.29, 0.717) is 17.1 Å². The van der Waals surface area contributed by atoms with Crippen molar-refractivity contribution in [3.05, 3.63) is 78.1 Å². The SMILES string of the molecule is O=C1c2ccccc2NC(c2ncc[nH]2)N1c1ccc(F)cc1. The summed E-state index contributed by atoms with van der Waals surface area (Å²) in [5, 5.41) is 3.31. The molecule has 0 bridgehead atoms. The fourth-order valence-corrected chi connectivity index (χ4v) is 2.74. The van der Waals surface area contributed by atoms with Gasteiger partial charge in [-0.1, -0.05) is 12.1 Å². The number of amides is 1. The summed E-state index contributed by atoms with van der Waals surface area (Å²) in [6.45, 7) is 0. The molecule has 0 saturated carbocycles. The molecule has 114 valence electrons. The van der Waals surface area contributed by atoms with Crippen LogP contribution in [0.15, 0.2) is 60.9 Å². The highest BCUT2D eigenvalue weighted by molar-refractivity contribution is 6.12. The number of carbonyl (C=O) groups excluding carboxylic acids is 1. The first-order valence-electron chi connectivity index (χ1n) is 7.18. The maximum Gasteiger partial charge on any atom is 0.262 e. The first-order chi connectivity index (χ1) is 11.2. The molecule has 6 heteroatoms. The highest BCUT2D eigenvalue weighted by Crippen LogP contribution is 2.35. The Balaban J connectivity index is 1.85. The zero-order valence-electron chi connectivity index (χ0n) is 12.0. The minimum atomic E-state index is -0.488. The fraction of sp³-hybridized carbons (Fsp3) is 0.0588. The number of hydrogen-bond acceptors (Lipinski definition) is 3. The molecule has 1 aliphatic heterocycles. The number of fused-ring (bicyclic) bond motifs is 1. The van der Waals surface area contributed by atoms with Gasteiger partial charge in [0.1, 0.15) is 11.6 Å². The number of anilines is 2. The van der Waals surface area contributed by atoms with Crippen LogP contribution in [0, 0.1) is 5.82 Å². The third-order valence-corrected chi connectivity index (χ3v) is 3.81. The molecule has 0 saturated heterocycles. The first kappa shape index (κ1) is 13.5. The number of para-hydroxylation sites is 1. The summed E-state index contributed by atoms with van der Waals surface area (Å²) in [4.78, 5) is 21.8. The van der Waals surface area contributed by atoms with Gasteiger partial charge in [-0.3, -0.25) is 9.69 Å². The van der Waals surface area contributed by atoms with Gasteiger partial charge in [-0.25, -0.2) is 9.37 Å². The van der Waals surface area contributed by atoms with Gasteiger partial charge < -0.3 is 10.3 Å². The van der Waals surface area contributed by atoms with Crippen LogP contribution in [0.1, 0.15) is 22.3 Å². The van der Waals surface area contributed by atoms with E-state index in [1.165, 1.54) is 12.1 Å². The van der Waals surface area contributed by atoms with Gasteiger partial charge in [0.05, 0.1) is 5.56 Å². The maximum absolute atomic E-state index is 13.2. The maximum atomic E-state index is 13.2. The third-order valence-electron chi connectivity index (χ3n) is 3.81. The number of aromatic nitrogens is 2. The summed E-state index contributed by atoms with van der Waals surface area (Å²) in [6.07, 6.45) is 2.84.